The second kappa shape index (κ2) is 8.45. The van der Waals surface area contributed by atoms with Gasteiger partial charge in [0, 0.05) is 32.7 Å². The van der Waals surface area contributed by atoms with Crippen LogP contribution in [0.25, 0.3) is 0 Å². The van der Waals surface area contributed by atoms with E-state index in [2.05, 4.69) is 5.32 Å². The number of hydrogen-bond acceptors (Lipinski definition) is 4. The third kappa shape index (κ3) is 4.49. The summed E-state index contributed by atoms with van der Waals surface area (Å²) in [6.07, 6.45) is -6.70. The van der Waals surface area contributed by atoms with Crippen LogP contribution in [0.4, 0.5) is 0 Å². The number of nitrogens with one attached hydrogen (secondary N) is 1. The Labute approximate surface area is 168 Å². The molecule has 2 amide bonds. The summed E-state index contributed by atoms with van der Waals surface area (Å²) in [7, 11) is 0.897. The molecular weight excluding hydrogens is 332 g/mol. The summed E-state index contributed by atoms with van der Waals surface area (Å²) in [6.45, 7) is 0.633. The number of likely N-dealkylation sites (N-methyl/N-ethyl adjacent to an activating group) is 1. The van der Waals surface area contributed by atoms with Gasteiger partial charge in [0.1, 0.15) is 12.1 Å². The van der Waals surface area contributed by atoms with E-state index in [0.29, 0.717) is 4.90 Å². The SMILES string of the molecule is [2H]c1c([2H])c([2H])c2c(c1[2H])[C@H](NC(=O)[C@]([2H])(C)CC(=O)[C@@]([2H])(O)C(C)C)C(=O)N(C)C([2H])([2H])C2([2H])[2H]. The largest absolute Gasteiger partial charge is 0.385 e. The van der Waals surface area contributed by atoms with Crippen LogP contribution in [0.3, 0.4) is 0 Å². The van der Waals surface area contributed by atoms with Crippen LogP contribution in [0.2, 0.25) is 0 Å². The molecular formula is C20H28N2O4. The summed E-state index contributed by atoms with van der Waals surface area (Å²) in [5.74, 6) is -6.95. The van der Waals surface area contributed by atoms with Gasteiger partial charge in [-0.2, -0.15) is 0 Å². The number of fused-ring (bicyclic) bond motifs is 1. The highest BCUT2D eigenvalue weighted by Gasteiger charge is 2.32. The second-order valence-electron chi connectivity index (χ2n) is 6.25. The fourth-order valence-electron chi connectivity index (χ4n) is 2.27. The minimum atomic E-state index is -3.15. The van der Waals surface area contributed by atoms with Crippen molar-refractivity contribution in [1.82, 2.24) is 10.2 Å². The molecule has 0 unspecified atom stereocenters. The number of hydrogen-bond donors (Lipinski definition) is 2. The van der Waals surface area contributed by atoms with Crippen LogP contribution < -0.4 is 5.32 Å². The van der Waals surface area contributed by atoms with Crippen molar-refractivity contribution in [2.45, 2.75) is 45.7 Å². The molecule has 2 N–H and O–H groups in total. The summed E-state index contributed by atoms with van der Waals surface area (Å²) in [6, 6.07) is -5.59. The summed E-state index contributed by atoms with van der Waals surface area (Å²) < 4.78 is 81.7. The van der Waals surface area contributed by atoms with E-state index in [9.17, 15) is 19.5 Å². The number of ketones is 1. The Kier molecular flexibility index (Phi) is 3.32. The molecule has 3 atom stereocenters. The van der Waals surface area contributed by atoms with Crippen molar-refractivity contribution in [3.05, 3.63) is 35.3 Å². The van der Waals surface area contributed by atoms with Crippen molar-refractivity contribution < 1.29 is 33.2 Å². The zero-order chi connectivity index (χ0) is 28.3. The number of benzene rings is 1. The molecule has 0 fully saturated rings. The number of carbonyl (C=O) groups excluding carboxylic acids is 3. The molecule has 0 aromatic heterocycles. The van der Waals surface area contributed by atoms with Crippen LogP contribution in [-0.4, -0.2) is 47.2 Å². The van der Waals surface area contributed by atoms with Gasteiger partial charge in [0.05, 0.1) is 6.85 Å². The number of aliphatic hydroxyl groups is 1. The van der Waals surface area contributed by atoms with Gasteiger partial charge in [-0.05, 0) is 23.4 Å². The smallest absolute Gasteiger partial charge is 0.249 e. The normalized spacial score (nSPS) is 31.4. The molecule has 0 aliphatic carbocycles. The first-order chi connectivity index (χ1) is 16.0. The van der Waals surface area contributed by atoms with E-state index in [1.54, 1.807) is 0 Å². The Morgan fingerprint density at radius 2 is 2.08 bits per heavy atom. The van der Waals surface area contributed by atoms with Gasteiger partial charge in [-0.1, -0.05) is 44.9 Å². The van der Waals surface area contributed by atoms with E-state index < -0.39 is 96.1 Å². The minimum Gasteiger partial charge on any atom is -0.385 e. The van der Waals surface area contributed by atoms with E-state index >= 15 is 0 Å². The summed E-state index contributed by atoms with van der Waals surface area (Å²) in [4.78, 5) is 39.1. The van der Waals surface area contributed by atoms with Crippen molar-refractivity contribution in [3.63, 3.8) is 0 Å². The predicted octanol–water partition coefficient (Wildman–Crippen LogP) is 1.47. The lowest BCUT2D eigenvalue weighted by atomic mass is 9.94. The Morgan fingerprint density at radius 1 is 1.42 bits per heavy atom. The molecule has 0 spiro atoms. The molecule has 142 valence electrons. The molecule has 2 rings (SSSR count). The van der Waals surface area contributed by atoms with Crippen molar-refractivity contribution in [1.29, 1.82) is 0 Å². The summed E-state index contributed by atoms with van der Waals surface area (Å²) in [5, 5.41) is 12.2. The third-order valence-electron chi connectivity index (χ3n) is 3.85. The molecule has 0 saturated carbocycles. The minimum absolute atomic E-state index is 0.331. The maximum absolute atomic E-state index is 13.3. The van der Waals surface area contributed by atoms with Gasteiger partial charge in [-0.25, -0.2) is 0 Å². The summed E-state index contributed by atoms with van der Waals surface area (Å²) in [5.41, 5.74) is -1.58. The van der Waals surface area contributed by atoms with E-state index in [1.165, 1.54) is 13.8 Å². The molecule has 1 aromatic rings. The molecule has 1 aliphatic heterocycles. The molecule has 1 heterocycles. The molecule has 0 bridgehead atoms. The van der Waals surface area contributed by atoms with E-state index in [4.69, 9.17) is 13.7 Å². The van der Waals surface area contributed by atoms with E-state index in [0.717, 1.165) is 14.0 Å². The van der Waals surface area contributed by atoms with Crippen molar-refractivity contribution in [2.75, 3.05) is 13.5 Å². The number of Topliss-reactive ketones (excluding diaryl/α,β-unsaturated/α-hetero) is 1. The van der Waals surface area contributed by atoms with Gasteiger partial charge < -0.3 is 15.3 Å². The van der Waals surface area contributed by atoms with Gasteiger partial charge in [0.15, 0.2) is 5.78 Å². The van der Waals surface area contributed by atoms with Crippen LogP contribution in [0.5, 0.6) is 0 Å². The second-order valence-corrected chi connectivity index (χ2v) is 6.25. The van der Waals surface area contributed by atoms with Crippen LogP contribution in [0.1, 0.15) is 58.1 Å². The Hall–Kier alpha value is -2.21. The molecule has 1 aromatic carbocycles. The molecule has 1 aliphatic rings. The van der Waals surface area contributed by atoms with Crippen molar-refractivity contribution >= 4 is 17.6 Å². The molecule has 6 nitrogen and oxygen atoms in total. The Morgan fingerprint density at radius 3 is 2.73 bits per heavy atom. The first kappa shape index (κ1) is 10.2. The number of amides is 2. The zero-order valence-corrected chi connectivity index (χ0v) is 15.0. The first-order valence-electron chi connectivity index (χ1n) is 13.0. The van der Waals surface area contributed by atoms with Crippen LogP contribution >= 0.6 is 0 Å². The maximum atomic E-state index is 13.3. The number of carbonyl (C=O) groups is 3. The lowest BCUT2D eigenvalue weighted by Gasteiger charge is -2.24. The van der Waals surface area contributed by atoms with Crippen molar-refractivity contribution in [3.8, 4) is 0 Å². The predicted molar refractivity (Wildman–Crippen MR) is 98.3 cm³/mol. The topological polar surface area (TPSA) is 86.7 Å². The highest BCUT2D eigenvalue weighted by molar-refractivity contribution is 5.92. The molecule has 6 heteroatoms. The number of rotatable bonds is 6. The van der Waals surface area contributed by atoms with E-state index in [-0.39, 0.29) is 0 Å². The number of nitrogens with zero attached hydrogens (tertiary/aromatic N) is 1. The lowest BCUT2D eigenvalue weighted by Crippen LogP contribution is -2.43. The Bertz CT molecular complexity index is 1120. The van der Waals surface area contributed by atoms with Crippen LogP contribution in [-0.2, 0) is 20.8 Å². The zero-order valence-electron chi connectivity index (χ0n) is 25.0. The fourth-order valence-corrected chi connectivity index (χ4v) is 2.27. The fraction of sp³-hybridized carbons (Fsp3) is 0.550. The van der Waals surface area contributed by atoms with Crippen LogP contribution in [0.15, 0.2) is 24.2 Å². The average molecular weight is 371 g/mol. The monoisotopic (exact) mass is 370 g/mol. The highest BCUT2D eigenvalue weighted by atomic mass is 16.3. The Balaban J connectivity index is 2.69. The van der Waals surface area contributed by atoms with Gasteiger partial charge >= 0.3 is 0 Å². The van der Waals surface area contributed by atoms with Gasteiger partial charge in [-0.15, -0.1) is 0 Å². The van der Waals surface area contributed by atoms with Gasteiger partial charge in [0.25, 0.3) is 0 Å². The van der Waals surface area contributed by atoms with Crippen molar-refractivity contribution in [2.24, 2.45) is 11.8 Å². The summed E-state index contributed by atoms with van der Waals surface area (Å²) >= 11 is 0. The highest BCUT2D eigenvalue weighted by Crippen LogP contribution is 2.25. The molecule has 0 radical (unpaired) electrons. The molecule has 0 saturated heterocycles. The lowest BCUT2D eigenvalue weighted by molar-refractivity contribution is -0.137. The average Bonchev–Trinajstić information content (AvgIpc) is 2.79. The third-order valence-corrected chi connectivity index (χ3v) is 3.85. The van der Waals surface area contributed by atoms with Gasteiger partial charge in [-0.3, -0.25) is 14.4 Å². The maximum Gasteiger partial charge on any atom is 0.249 e. The molecule has 26 heavy (non-hydrogen) atoms. The first-order valence-corrected chi connectivity index (χ1v) is 8.00. The van der Waals surface area contributed by atoms with Crippen LogP contribution in [0, 0.1) is 11.8 Å². The van der Waals surface area contributed by atoms with E-state index in [1.807, 2.05) is 0 Å². The standard InChI is InChI=1S/C20H28N2O4/c1-12(2)18(24)16(23)11-13(3)19(25)21-17-15-8-6-5-7-14(15)9-10-22(4)20(17)26/h5-8,12-13,17-18,24H,9-11H2,1-4H3,(H,21,25)/t13-,17+,18+/m1/s1/i5D,6D,7D,8D,9D2,10D2,13D,18D. The van der Waals surface area contributed by atoms with Gasteiger partial charge in [0.2, 0.25) is 11.8 Å². The quantitative estimate of drug-likeness (QED) is 0.794.